The molecule has 3 heteroatoms. The van der Waals surface area contributed by atoms with Crippen LogP contribution in [0.2, 0.25) is 0 Å². The van der Waals surface area contributed by atoms with E-state index in [1.54, 1.807) is 0 Å². The van der Waals surface area contributed by atoms with Gasteiger partial charge >= 0.3 is 0 Å². The Labute approximate surface area is 291 Å². The Balaban J connectivity index is 1.01. The van der Waals surface area contributed by atoms with Crippen LogP contribution >= 0.6 is 11.3 Å². The zero-order chi connectivity index (χ0) is 32.9. The molecule has 2 aliphatic rings. The molecule has 0 aliphatic heterocycles. The molecule has 7 aromatic rings. The monoisotopic (exact) mass is 646 g/mol. The van der Waals surface area contributed by atoms with Gasteiger partial charge in [-0.1, -0.05) is 116 Å². The number of aliphatic imine (C=N–C) groups is 1. The largest absolute Gasteiger partial charge is 0.260 e. The van der Waals surface area contributed by atoms with Gasteiger partial charge in [-0.05, 0) is 105 Å². The minimum absolute atomic E-state index is 0.953. The Hall–Kier alpha value is -5.64. The van der Waals surface area contributed by atoms with E-state index in [1.807, 2.05) is 29.8 Å². The van der Waals surface area contributed by atoms with E-state index in [-0.39, 0.29) is 0 Å². The molecule has 0 N–H and O–H groups in total. The first-order valence-electron chi connectivity index (χ1n) is 16.9. The molecule has 0 spiro atoms. The van der Waals surface area contributed by atoms with Crippen LogP contribution in [0, 0.1) is 0 Å². The van der Waals surface area contributed by atoms with E-state index in [4.69, 9.17) is 9.98 Å². The van der Waals surface area contributed by atoms with Crippen LogP contribution in [-0.2, 0) is 12.8 Å². The minimum Gasteiger partial charge on any atom is -0.260 e. The summed E-state index contributed by atoms with van der Waals surface area (Å²) in [5, 5.41) is 3.72. The average Bonchev–Trinajstić information content (AvgIpc) is 3.73. The number of nitrogens with zero attached hydrogens (tertiary/aromatic N) is 2. The first-order valence-corrected chi connectivity index (χ1v) is 17.8. The minimum atomic E-state index is 0.953. The van der Waals surface area contributed by atoms with Crippen LogP contribution in [0.15, 0.2) is 145 Å². The third-order valence-corrected chi connectivity index (χ3v) is 11.3. The van der Waals surface area contributed by atoms with E-state index < -0.39 is 0 Å². The van der Waals surface area contributed by atoms with Crippen LogP contribution in [0.1, 0.15) is 46.0 Å². The molecular weight excluding hydrogens is 613 g/mol. The third-order valence-electron chi connectivity index (χ3n) is 10.1. The number of hydrogen-bond acceptors (Lipinski definition) is 3. The van der Waals surface area contributed by atoms with Crippen LogP contribution in [0.25, 0.3) is 66.0 Å². The van der Waals surface area contributed by atoms with E-state index in [2.05, 4.69) is 135 Å². The van der Waals surface area contributed by atoms with E-state index in [0.29, 0.717) is 0 Å². The molecule has 0 saturated heterocycles. The van der Waals surface area contributed by atoms with Crippen molar-refractivity contribution in [1.29, 1.82) is 0 Å². The van der Waals surface area contributed by atoms with Crippen molar-refractivity contribution >= 4 is 49.6 Å². The summed E-state index contributed by atoms with van der Waals surface area (Å²) < 4.78 is 1.33. The topological polar surface area (TPSA) is 25.2 Å². The summed E-state index contributed by atoms with van der Waals surface area (Å²) in [6.07, 6.45) is 13.6. The molecule has 2 nitrogen and oxygen atoms in total. The molecule has 0 saturated carbocycles. The lowest BCUT2D eigenvalue weighted by atomic mass is 9.95. The van der Waals surface area contributed by atoms with Crippen LogP contribution in [0.4, 0.5) is 0 Å². The number of pyridine rings is 1. The number of hydrogen-bond donors (Lipinski definition) is 0. The van der Waals surface area contributed by atoms with Gasteiger partial charge < -0.3 is 0 Å². The van der Waals surface area contributed by atoms with Crippen molar-refractivity contribution in [2.75, 3.05) is 0 Å². The zero-order valence-corrected chi connectivity index (χ0v) is 28.2. The first-order chi connectivity index (χ1) is 24.2. The van der Waals surface area contributed by atoms with Crippen LogP contribution in [0.5, 0.6) is 0 Å². The smallest absolute Gasteiger partial charge is 0.0705 e. The fourth-order valence-corrected chi connectivity index (χ4v) is 8.93. The van der Waals surface area contributed by atoms with Gasteiger partial charge in [-0.15, -0.1) is 11.3 Å². The summed E-state index contributed by atoms with van der Waals surface area (Å²) in [4.78, 5) is 11.4. The van der Waals surface area contributed by atoms with E-state index >= 15 is 0 Å². The molecule has 0 radical (unpaired) electrons. The Morgan fingerprint density at radius 1 is 0.776 bits per heavy atom. The Morgan fingerprint density at radius 3 is 2.49 bits per heavy atom. The van der Waals surface area contributed by atoms with E-state index in [1.165, 1.54) is 64.7 Å². The molecule has 49 heavy (non-hydrogen) atoms. The van der Waals surface area contributed by atoms with Gasteiger partial charge in [-0.25, -0.2) is 0 Å². The molecule has 0 bridgehead atoms. The van der Waals surface area contributed by atoms with Crippen molar-refractivity contribution < 1.29 is 0 Å². The highest BCUT2D eigenvalue weighted by Gasteiger charge is 2.21. The lowest BCUT2D eigenvalue weighted by Gasteiger charge is -2.11. The summed E-state index contributed by atoms with van der Waals surface area (Å²) in [6, 6.07) is 39.4. The number of rotatable bonds is 6. The first kappa shape index (κ1) is 29.5. The van der Waals surface area contributed by atoms with E-state index in [0.717, 1.165) is 52.9 Å². The lowest BCUT2D eigenvalue weighted by Crippen LogP contribution is -1.95. The highest BCUT2D eigenvalue weighted by molar-refractivity contribution is 7.20. The predicted octanol–water partition coefficient (Wildman–Crippen LogP) is 12.4. The fourth-order valence-electron chi connectivity index (χ4n) is 7.59. The third kappa shape index (κ3) is 5.10. The summed E-state index contributed by atoms with van der Waals surface area (Å²) >= 11 is 1.88. The second-order valence-corrected chi connectivity index (χ2v) is 14.0. The molecule has 0 atom stereocenters. The number of allylic oxidation sites excluding steroid dienone is 3. The van der Waals surface area contributed by atoms with E-state index in [9.17, 15) is 0 Å². The summed E-state index contributed by atoms with van der Waals surface area (Å²) in [6.45, 7) is 6.28. The predicted molar refractivity (Wildman–Crippen MR) is 210 cm³/mol. The molecular formula is C46H34N2S. The SMILES string of the molecule is C=C/C(=C\N=C(C)c1cccc2c3c(sc12)C=CCC3)c1cccc2cc(-c3ccc(-c4cccc5c4Cc4ccccc4-5)nc3)ccc12. The molecule has 0 amide bonds. The van der Waals surface area contributed by atoms with Gasteiger partial charge in [-0.2, -0.15) is 0 Å². The maximum Gasteiger partial charge on any atom is 0.0705 e. The van der Waals surface area contributed by atoms with Crippen molar-refractivity contribution in [3.05, 3.63) is 173 Å². The van der Waals surface area contributed by atoms with Gasteiger partial charge in [0.25, 0.3) is 0 Å². The summed E-state index contributed by atoms with van der Waals surface area (Å²) in [5.41, 5.74) is 15.7. The van der Waals surface area contributed by atoms with Crippen molar-refractivity contribution in [3.8, 4) is 33.5 Å². The molecule has 9 rings (SSSR count). The van der Waals surface area contributed by atoms with Gasteiger partial charge in [-0.3, -0.25) is 9.98 Å². The van der Waals surface area contributed by atoms with Crippen LogP contribution in [0.3, 0.4) is 0 Å². The molecule has 0 fully saturated rings. The number of benzene rings is 5. The Morgan fingerprint density at radius 2 is 1.59 bits per heavy atom. The number of aromatic nitrogens is 1. The second-order valence-electron chi connectivity index (χ2n) is 12.9. The van der Waals surface area contributed by atoms with Crippen LogP contribution < -0.4 is 0 Å². The normalized spacial score (nSPS) is 13.8. The molecule has 2 heterocycles. The van der Waals surface area contributed by atoms with Gasteiger partial charge in [0.1, 0.15) is 0 Å². The highest BCUT2D eigenvalue weighted by atomic mass is 32.1. The van der Waals surface area contributed by atoms with Crippen molar-refractivity contribution in [2.24, 2.45) is 4.99 Å². The van der Waals surface area contributed by atoms with Gasteiger partial charge in [0.15, 0.2) is 0 Å². The summed E-state index contributed by atoms with van der Waals surface area (Å²) in [7, 11) is 0. The van der Waals surface area contributed by atoms with Gasteiger partial charge in [0.2, 0.25) is 0 Å². The number of fused-ring (bicyclic) bond motifs is 7. The van der Waals surface area contributed by atoms with Gasteiger partial charge in [0.05, 0.1) is 5.69 Å². The average molecular weight is 647 g/mol. The molecule has 2 aromatic heterocycles. The van der Waals surface area contributed by atoms with Crippen molar-refractivity contribution in [1.82, 2.24) is 4.98 Å². The lowest BCUT2D eigenvalue weighted by molar-refractivity contribution is 1.01. The van der Waals surface area contributed by atoms with Crippen molar-refractivity contribution in [3.63, 3.8) is 0 Å². The number of thiophene rings is 1. The molecule has 5 aromatic carbocycles. The van der Waals surface area contributed by atoms with Gasteiger partial charge in [0, 0.05) is 44.4 Å². The fraction of sp³-hybridized carbons (Fsp3) is 0.0870. The number of aryl methyl sites for hydroxylation is 1. The standard InChI is InChI=1S/C46H34N2S/c1-3-30(27-47-29(2)35-15-9-19-42-41-14-6-7-20-45(41)49-46(35)42)36-16-8-12-32-25-31(21-23-38(32)36)34-22-24-44(48-28-34)40-18-10-17-39-37-13-5-4-11-33(37)26-43(39)40/h3-5,7-13,15-25,27-28H,1,6,14,26H2,2H3/b30-27+,47-29?. The molecule has 234 valence electrons. The van der Waals surface area contributed by atoms with Crippen molar-refractivity contribution in [2.45, 2.75) is 26.2 Å². The summed E-state index contributed by atoms with van der Waals surface area (Å²) in [5.74, 6) is 0. The highest BCUT2D eigenvalue weighted by Crippen LogP contribution is 2.42. The Bertz CT molecular complexity index is 2540. The quantitative estimate of drug-likeness (QED) is 0.130. The molecule has 2 aliphatic carbocycles. The van der Waals surface area contributed by atoms with Crippen LogP contribution in [-0.4, -0.2) is 10.7 Å². The molecule has 0 unspecified atom stereocenters. The zero-order valence-electron chi connectivity index (χ0n) is 27.4. The maximum atomic E-state index is 5.00. The maximum absolute atomic E-state index is 5.00. The second kappa shape index (κ2) is 12.1. The Kier molecular flexibility index (Phi) is 7.29.